The van der Waals surface area contributed by atoms with E-state index in [4.69, 9.17) is 20.1 Å². The van der Waals surface area contributed by atoms with Gasteiger partial charge in [0, 0.05) is 11.6 Å². The van der Waals surface area contributed by atoms with E-state index in [1.54, 1.807) is 0 Å². The first-order valence-electron chi connectivity index (χ1n) is 6.30. The number of nitrogens with one attached hydrogen (secondary N) is 1. The fourth-order valence-electron chi connectivity index (χ4n) is 1.83. The summed E-state index contributed by atoms with van der Waals surface area (Å²) in [5, 5.41) is 18.3. The fraction of sp³-hybridized carbons (Fsp3) is 0.333. The molecule has 23 heavy (non-hydrogen) atoms. The lowest BCUT2D eigenvalue weighted by molar-refractivity contribution is -0.385. The van der Waals surface area contributed by atoms with Crippen LogP contribution in [0.2, 0.25) is 0 Å². The quantitative estimate of drug-likeness (QED) is 0.142. The van der Waals surface area contributed by atoms with Gasteiger partial charge >= 0.3 is 11.7 Å². The van der Waals surface area contributed by atoms with Crippen molar-refractivity contribution >= 4 is 27.6 Å². The molecule has 0 unspecified atom stereocenters. The molecule has 124 valence electrons. The Hall–Kier alpha value is -2.53. The lowest BCUT2D eigenvalue weighted by atomic mass is 10.1. The highest BCUT2D eigenvalue weighted by molar-refractivity contribution is 7.86. The van der Waals surface area contributed by atoms with Crippen LogP contribution >= 0.6 is 0 Å². The van der Waals surface area contributed by atoms with Crippen molar-refractivity contribution in [2.75, 3.05) is 6.26 Å². The Bertz CT molecular complexity index is 799. The van der Waals surface area contributed by atoms with E-state index in [1.165, 1.54) is 6.07 Å². The molecule has 1 saturated carbocycles. The van der Waals surface area contributed by atoms with Gasteiger partial charge in [0.25, 0.3) is 10.1 Å². The first-order valence-corrected chi connectivity index (χ1v) is 8.11. The number of hydrogen-bond acceptors (Lipinski definition) is 8. The molecular weight excluding hydrogens is 330 g/mol. The fourth-order valence-corrected chi connectivity index (χ4v) is 2.65. The number of hydrogen-bond donors (Lipinski definition) is 2. The van der Waals surface area contributed by atoms with E-state index < -0.39 is 32.3 Å². The Labute approximate surface area is 131 Å². The second-order valence-corrected chi connectivity index (χ2v) is 6.60. The third-order valence-electron chi connectivity index (χ3n) is 3.06. The van der Waals surface area contributed by atoms with Crippen molar-refractivity contribution in [3.05, 3.63) is 33.9 Å². The molecule has 2 rings (SSSR count). The third-order valence-corrected chi connectivity index (χ3v) is 3.68. The van der Waals surface area contributed by atoms with Crippen molar-refractivity contribution < 1.29 is 27.1 Å². The summed E-state index contributed by atoms with van der Waals surface area (Å²) >= 11 is 0. The maximum Gasteiger partial charge on any atom is 0.345 e. The number of carbonyl (C=O) groups is 1. The van der Waals surface area contributed by atoms with E-state index in [0.717, 1.165) is 18.4 Å². The number of nitro benzene ring substituents is 1. The Morgan fingerprint density at radius 2 is 2.04 bits per heavy atom. The van der Waals surface area contributed by atoms with Crippen LogP contribution in [-0.2, 0) is 19.1 Å². The van der Waals surface area contributed by atoms with Crippen LogP contribution in [0.15, 0.2) is 18.2 Å². The van der Waals surface area contributed by atoms with Crippen LogP contribution in [0.5, 0.6) is 5.75 Å². The largest absolute Gasteiger partial charge is 0.417 e. The molecule has 1 aromatic rings. The lowest BCUT2D eigenvalue weighted by Crippen LogP contribution is -2.33. The van der Waals surface area contributed by atoms with Gasteiger partial charge in [-0.25, -0.2) is 4.79 Å². The zero-order chi connectivity index (χ0) is 17.4. The summed E-state index contributed by atoms with van der Waals surface area (Å²) in [4.78, 5) is 22.3. The molecule has 0 atom stereocenters. The number of esters is 1. The molecule has 1 aromatic carbocycles. The summed E-state index contributed by atoms with van der Waals surface area (Å²) in [5.41, 5.74) is 3.14. The first kappa shape index (κ1) is 16.8. The molecule has 0 aromatic heterocycles. The maximum absolute atomic E-state index is 12.1. The predicted molar refractivity (Wildman–Crippen MR) is 77.6 cm³/mol. The number of nitro groups is 1. The van der Waals surface area contributed by atoms with E-state index in [9.17, 15) is 23.3 Å². The van der Waals surface area contributed by atoms with Gasteiger partial charge in [0.15, 0.2) is 5.60 Å². The van der Waals surface area contributed by atoms with Gasteiger partial charge in [0.2, 0.25) is 5.75 Å². The highest BCUT2D eigenvalue weighted by atomic mass is 32.2. The second kappa shape index (κ2) is 5.59. The smallest absolute Gasteiger partial charge is 0.345 e. The molecule has 1 aliphatic carbocycles. The molecule has 0 saturated heterocycles. The molecule has 10 nitrogen and oxygen atoms in total. The average Bonchev–Trinajstić information content (AvgIpc) is 3.17. The molecule has 11 heteroatoms. The molecule has 0 aliphatic heterocycles. The number of ether oxygens (including phenoxy) is 1. The first-order chi connectivity index (χ1) is 10.5. The van der Waals surface area contributed by atoms with Crippen molar-refractivity contribution in [2.24, 2.45) is 5.73 Å². The summed E-state index contributed by atoms with van der Waals surface area (Å²) in [6.45, 7) is 0. The maximum atomic E-state index is 12.1. The topological polar surface area (TPSA) is 163 Å². The van der Waals surface area contributed by atoms with Gasteiger partial charge in [-0.15, -0.1) is 0 Å². The highest BCUT2D eigenvalue weighted by Crippen LogP contribution is 2.43. The minimum Gasteiger partial charge on any atom is -0.417 e. The van der Waals surface area contributed by atoms with Crippen molar-refractivity contribution in [3.8, 4) is 5.75 Å². The summed E-state index contributed by atoms with van der Waals surface area (Å²) in [5.74, 6) is -1.79. The highest BCUT2D eigenvalue weighted by Gasteiger charge is 2.56. The Morgan fingerprint density at radius 3 is 2.48 bits per heavy atom. The van der Waals surface area contributed by atoms with Crippen molar-refractivity contribution in [2.45, 2.75) is 18.4 Å². The van der Waals surface area contributed by atoms with Crippen LogP contribution in [0, 0.1) is 15.5 Å². The van der Waals surface area contributed by atoms with E-state index in [1.807, 2.05) is 0 Å². The van der Waals surface area contributed by atoms with E-state index in [2.05, 4.69) is 0 Å². The number of nitrogens with two attached hydrogens (primary N) is 1. The molecular formula is C12H13N3O7S. The lowest BCUT2D eigenvalue weighted by Gasteiger charge is -2.13. The second-order valence-electron chi connectivity index (χ2n) is 5.02. The van der Waals surface area contributed by atoms with E-state index in [-0.39, 0.29) is 30.0 Å². The van der Waals surface area contributed by atoms with Crippen molar-refractivity contribution in [3.63, 3.8) is 0 Å². The number of nitrogens with zero attached hydrogens (tertiary/aromatic N) is 1. The minimum absolute atomic E-state index is 0.0880. The van der Waals surface area contributed by atoms with Crippen LogP contribution in [0.25, 0.3) is 0 Å². The van der Waals surface area contributed by atoms with Gasteiger partial charge in [-0.05, 0) is 25.0 Å². The summed E-state index contributed by atoms with van der Waals surface area (Å²) in [6.07, 6.45) is 1.07. The Kier molecular flexibility index (Phi) is 4.09. The molecule has 3 N–H and O–H groups in total. The monoisotopic (exact) mass is 343 g/mol. The van der Waals surface area contributed by atoms with E-state index in [0.29, 0.717) is 0 Å². The standard InChI is InChI=1S/C12H13N3O7S/c1-23(19,20)22-12(4-5-12)11(16)21-9-3-2-7(10(13)14)6-8(9)15(17)18/h2-3,6H,4-5H2,1H3,(H3,13,14). The van der Waals surface area contributed by atoms with Crippen LogP contribution in [0.3, 0.4) is 0 Å². The van der Waals surface area contributed by atoms with E-state index >= 15 is 0 Å². The third kappa shape index (κ3) is 3.81. The molecule has 0 heterocycles. The van der Waals surface area contributed by atoms with Crippen LogP contribution in [0.4, 0.5) is 5.69 Å². The number of amidine groups is 1. The van der Waals surface area contributed by atoms with Gasteiger partial charge < -0.3 is 10.5 Å². The van der Waals surface area contributed by atoms with Crippen LogP contribution in [-0.4, -0.2) is 37.0 Å². The van der Waals surface area contributed by atoms with Gasteiger partial charge in [-0.3, -0.25) is 19.7 Å². The Morgan fingerprint density at radius 1 is 1.43 bits per heavy atom. The Balaban J connectivity index is 2.28. The SMILES string of the molecule is CS(=O)(=O)OC1(C(=O)Oc2ccc(C(=N)N)cc2[N+](=O)[O-])CC1. The van der Waals surface area contributed by atoms with Gasteiger partial charge in [-0.1, -0.05) is 0 Å². The summed E-state index contributed by atoms with van der Waals surface area (Å²) < 4.78 is 32.0. The number of benzene rings is 1. The number of rotatable bonds is 6. The van der Waals surface area contributed by atoms with Gasteiger partial charge in [-0.2, -0.15) is 8.42 Å². The number of nitrogen functional groups attached to an aromatic ring is 1. The van der Waals surface area contributed by atoms with Crippen molar-refractivity contribution in [1.82, 2.24) is 0 Å². The molecule has 0 spiro atoms. The van der Waals surface area contributed by atoms with Crippen molar-refractivity contribution in [1.29, 1.82) is 5.41 Å². The average molecular weight is 343 g/mol. The normalized spacial score (nSPS) is 15.7. The number of carbonyl (C=O) groups excluding carboxylic acids is 1. The molecule has 0 amide bonds. The summed E-state index contributed by atoms with van der Waals surface area (Å²) in [7, 11) is -3.88. The van der Waals surface area contributed by atoms with Gasteiger partial charge in [0.1, 0.15) is 5.84 Å². The zero-order valence-electron chi connectivity index (χ0n) is 11.9. The molecule has 1 fully saturated rings. The minimum atomic E-state index is -3.88. The predicted octanol–water partition coefficient (Wildman–Crippen LogP) is 0.293. The van der Waals surface area contributed by atoms with Gasteiger partial charge in [0.05, 0.1) is 11.2 Å². The van der Waals surface area contributed by atoms with Crippen LogP contribution in [0.1, 0.15) is 18.4 Å². The molecule has 0 bridgehead atoms. The molecule has 1 aliphatic rings. The zero-order valence-corrected chi connectivity index (χ0v) is 12.8. The van der Waals surface area contributed by atoms with Crippen LogP contribution < -0.4 is 10.5 Å². The molecule has 0 radical (unpaired) electrons. The summed E-state index contributed by atoms with van der Waals surface area (Å²) in [6, 6.07) is 3.38.